The van der Waals surface area contributed by atoms with E-state index in [1.54, 1.807) is 27.8 Å². The van der Waals surface area contributed by atoms with Crippen molar-refractivity contribution in [3.8, 4) is 0 Å². The van der Waals surface area contributed by atoms with Gasteiger partial charge in [-0.2, -0.15) is 5.10 Å². The molecule has 0 saturated carbocycles. The van der Waals surface area contributed by atoms with Gasteiger partial charge in [0, 0.05) is 37.3 Å². The van der Waals surface area contributed by atoms with Gasteiger partial charge in [0.15, 0.2) is 0 Å². The van der Waals surface area contributed by atoms with Gasteiger partial charge in [-0.05, 0) is 48.6 Å². The zero-order valence-corrected chi connectivity index (χ0v) is 22.5. The lowest BCUT2D eigenvalue weighted by Gasteiger charge is -2.32. The second-order valence-corrected chi connectivity index (χ2v) is 11.0. The third kappa shape index (κ3) is 5.85. The number of hydrogen-bond acceptors (Lipinski definition) is 3. The molecule has 190 valence electrons. The molecule has 1 aromatic heterocycles. The Balaban J connectivity index is 1.37. The van der Waals surface area contributed by atoms with Crippen LogP contribution in [-0.4, -0.2) is 39.7 Å². The Morgan fingerprint density at radius 1 is 0.972 bits per heavy atom. The van der Waals surface area contributed by atoms with Crippen molar-refractivity contribution >= 4 is 46.6 Å². The highest BCUT2D eigenvalue weighted by Gasteiger charge is 2.27. The van der Waals surface area contributed by atoms with Gasteiger partial charge in [-0.1, -0.05) is 62.2 Å². The number of rotatable bonds is 4. The summed E-state index contributed by atoms with van der Waals surface area (Å²) in [4.78, 5) is 27.5. The molecule has 0 atom stereocenters. The van der Waals surface area contributed by atoms with Crippen LogP contribution in [0.15, 0.2) is 48.5 Å². The number of nitrogens with zero attached hydrogens (tertiary/aromatic N) is 3. The van der Waals surface area contributed by atoms with Crippen molar-refractivity contribution in [2.75, 3.05) is 23.7 Å². The van der Waals surface area contributed by atoms with Crippen LogP contribution in [0, 0.1) is 0 Å². The van der Waals surface area contributed by atoms with Crippen molar-refractivity contribution in [1.82, 2.24) is 14.7 Å². The van der Waals surface area contributed by atoms with E-state index in [2.05, 4.69) is 42.6 Å². The first-order chi connectivity index (χ1) is 17.0. The molecule has 7 nitrogen and oxygen atoms in total. The molecule has 3 aromatic rings. The van der Waals surface area contributed by atoms with E-state index in [1.807, 2.05) is 31.3 Å². The van der Waals surface area contributed by atoms with Gasteiger partial charge in [0.05, 0.1) is 21.3 Å². The summed E-state index contributed by atoms with van der Waals surface area (Å²) in [5.41, 5.74) is 3.00. The molecule has 1 saturated heterocycles. The van der Waals surface area contributed by atoms with E-state index in [0.717, 1.165) is 24.1 Å². The van der Waals surface area contributed by atoms with E-state index in [0.29, 0.717) is 40.2 Å². The van der Waals surface area contributed by atoms with E-state index in [4.69, 9.17) is 23.2 Å². The molecular formula is C27H31Cl2N5O2. The molecule has 2 heterocycles. The van der Waals surface area contributed by atoms with Crippen molar-refractivity contribution in [2.45, 2.75) is 44.9 Å². The van der Waals surface area contributed by atoms with Crippen molar-refractivity contribution in [2.24, 2.45) is 7.05 Å². The number of anilines is 2. The number of aromatic nitrogens is 2. The first-order valence-corrected chi connectivity index (χ1v) is 12.7. The topological polar surface area (TPSA) is 79.3 Å². The van der Waals surface area contributed by atoms with Gasteiger partial charge in [-0.15, -0.1) is 0 Å². The zero-order chi connectivity index (χ0) is 26.0. The van der Waals surface area contributed by atoms with Crippen LogP contribution in [0.25, 0.3) is 0 Å². The molecule has 1 aliphatic heterocycles. The standard InChI is InChI=1S/C27H31Cl2N5O2/c1-27(2,3)22-16-23(33(4)32-22)31-26(36)30-19-8-5-7-18(15-19)17-11-13-34(14-12-17)25(35)24-20(28)9-6-10-21(24)29/h5-10,15-17H,11-14H2,1-4H3,(H2,30,31,36). The lowest BCUT2D eigenvalue weighted by Crippen LogP contribution is -2.38. The fourth-order valence-electron chi connectivity index (χ4n) is 4.38. The first-order valence-electron chi connectivity index (χ1n) is 12.0. The maximum atomic E-state index is 13.0. The Bertz CT molecular complexity index is 1250. The quantitative estimate of drug-likeness (QED) is 0.396. The second-order valence-electron chi connectivity index (χ2n) is 10.2. The van der Waals surface area contributed by atoms with Crippen molar-refractivity contribution in [3.63, 3.8) is 0 Å². The van der Waals surface area contributed by atoms with Gasteiger partial charge in [0.2, 0.25) is 0 Å². The summed E-state index contributed by atoms with van der Waals surface area (Å²) in [6.45, 7) is 7.46. The summed E-state index contributed by atoms with van der Waals surface area (Å²) in [5, 5.41) is 11.0. The van der Waals surface area contributed by atoms with E-state index < -0.39 is 0 Å². The van der Waals surface area contributed by atoms with Crippen LogP contribution in [0.5, 0.6) is 0 Å². The molecule has 4 rings (SSSR count). The van der Waals surface area contributed by atoms with Gasteiger partial charge >= 0.3 is 6.03 Å². The molecule has 0 radical (unpaired) electrons. The minimum atomic E-state index is -0.326. The summed E-state index contributed by atoms with van der Waals surface area (Å²) in [7, 11) is 1.81. The molecule has 2 aromatic carbocycles. The predicted molar refractivity (Wildman–Crippen MR) is 145 cm³/mol. The van der Waals surface area contributed by atoms with Crippen LogP contribution in [0.1, 0.15) is 61.1 Å². The van der Waals surface area contributed by atoms with Crippen LogP contribution in [-0.2, 0) is 12.5 Å². The molecular weight excluding hydrogens is 497 g/mol. The van der Waals surface area contributed by atoms with E-state index in [-0.39, 0.29) is 23.3 Å². The lowest BCUT2D eigenvalue weighted by atomic mass is 9.89. The average Bonchev–Trinajstić information content (AvgIpc) is 3.19. The Labute approximate surface area is 221 Å². The third-order valence-electron chi connectivity index (χ3n) is 6.46. The number of carbonyl (C=O) groups is 2. The van der Waals surface area contributed by atoms with Crippen molar-refractivity contribution in [3.05, 3.63) is 75.4 Å². The van der Waals surface area contributed by atoms with E-state index in [9.17, 15) is 9.59 Å². The van der Waals surface area contributed by atoms with E-state index in [1.165, 1.54) is 0 Å². The predicted octanol–water partition coefficient (Wildman–Crippen LogP) is 6.69. The molecule has 9 heteroatoms. The molecule has 0 unspecified atom stereocenters. The summed E-state index contributed by atoms with van der Waals surface area (Å²) in [6.07, 6.45) is 1.63. The molecule has 3 amide bonds. The summed E-state index contributed by atoms with van der Waals surface area (Å²) in [5.74, 6) is 0.775. The minimum absolute atomic E-state index is 0.109. The summed E-state index contributed by atoms with van der Waals surface area (Å²) in [6, 6.07) is 14.5. The number of nitrogens with one attached hydrogen (secondary N) is 2. The number of piperidine rings is 1. The average molecular weight is 528 g/mol. The molecule has 1 fully saturated rings. The minimum Gasteiger partial charge on any atom is -0.339 e. The van der Waals surface area contributed by atoms with Gasteiger partial charge < -0.3 is 10.2 Å². The highest BCUT2D eigenvalue weighted by atomic mass is 35.5. The number of hydrogen-bond donors (Lipinski definition) is 2. The molecule has 2 N–H and O–H groups in total. The fraction of sp³-hybridized carbons (Fsp3) is 0.370. The van der Waals surface area contributed by atoms with Crippen LogP contribution in [0.2, 0.25) is 10.0 Å². The molecule has 0 spiro atoms. The Hall–Kier alpha value is -3.03. The smallest absolute Gasteiger partial charge is 0.324 e. The normalized spacial score (nSPS) is 14.6. The van der Waals surface area contributed by atoms with Crippen LogP contribution in [0.3, 0.4) is 0 Å². The molecule has 36 heavy (non-hydrogen) atoms. The first kappa shape index (κ1) is 26.0. The molecule has 0 aliphatic carbocycles. The largest absolute Gasteiger partial charge is 0.339 e. The zero-order valence-electron chi connectivity index (χ0n) is 20.9. The SMILES string of the molecule is Cn1nc(C(C)(C)C)cc1NC(=O)Nc1cccc(C2CCN(C(=O)c3c(Cl)cccc3Cl)CC2)c1. The summed E-state index contributed by atoms with van der Waals surface area (Å²) >= 11 is 12.5. The number of amides is 3. The second kappa shape index (κ2) is 10.5. The van der Waals surface area contributed by atoms with Gasteiger partial charge in [-0.3, -0.25) is 14.8 Å². The van der Waals surface area contributed by atoms with Gasteiger partial charge in [0.1, 0.15) is 5.82 Å². The van der Waals surface area contributed by atoms with Crippen molar-refractivity contribution in [1.29, 1.82) is 0 Å². The molecule has 0 bridgehead atoms. The summed E-state index contributed by atoms with van der Waals surface area (Å²) < 4.78 is 1.67. The van der Waals surface area contributed by atoms with Crippen LogP contribution >= 0.6 is 23.2 Å². The van der Waals surface area contributed by atoms with Crippen molar-refractivity contribution < 1.29 is 9.59 Å². The molecule has 1 aliphatic rings. The van der Waals surface area contributed by atoms with Crippen LogP contribution < -0.4 is 10.6 Å². The van der Waals surface area contributed by atoms with E-state index >= 15 is 0 Å². The maximum Gasteiger partial charge on any atom is 0.324 e. The number of urea groups is 1. The number of halogens is 2. The Kier molecular flexibility index (Phi) is 7.62. The number of benzene rings is 2. The highest BCUT2D eigenvalue weighted by Crippen LogP contribution is 2.32. The monoisotopic (exact) mass is 527 g/mol. The van der Waals surface area contributed by atoms with Gasteiger partial charge in [-0.25, -0.2) is 4.79 Å². The Morgan fingerprint density at radius 2 is 1.61 bits per heavy atom. The number of carbonyl (C=O) groups excluding carboxylic acids is 2. The van der Waals surface area contributed by atoms with Gasteiger partial charge in [0.25, 0.3) is 5.91 Å². The van der Waals surface area contributed by atoms with Crippen LogP contribution in [0.4, 0.5) is 16.3 Å². The fourth-order valence-corrected chi connectivity index (χ4v) is 4.94. The third-order valence-corrected chi connectivity index (χ3v) is 7.09. The Morgan fingerprint density at radius 3 is 2.22 bits per heavy atom. The lowest BCUT2D eigenvalue weighted by molar-refractivity contribution is 0.0713. The number of aryl methyl sites for hydroxylation is 1. The maximum absolute atomic E-state index is 13.0. The number of likely N-dealkylation sites (tertiary alicyclic amines) is 1. The highest BCUT2D eigenvalue weighted by molar-refractivity contribution is 6.39.